The molecule has 1 saturated heterocycles. The van der Waals surface area contributed by atoms with Gasteiger partial charge < -0.3 is 10.6 Å². The number of likely N-dealkylation sites (N-methyl/N-ethyl adjacent to an activating group) is 1. The Bertz CT molecular complexity index is 358. The van der Waals surface area contributed by atoms with Crippen LogP contribution < -0.4 is 5.73 Å². The van der Waals surface area contributed by atoms with Crippen molar-refractivity contribution in [2.45, 2.75) is 44.6 Å². The molecule has 1 aliphatic rings. The molecule has 0 saturated carbocycles. The second kappa shape index (κ2) is 6.35. The summed E-state index contributed by atoms with van der Waals surface area (Å²) < 4.78 is 0. The van der Waals surface area contributed by atoms with Crippen LogP contribution in [0.15, 0.2) is 24.3 Å². The highest BCUT2D eigenvalue weighted by atomic mass is 15.1. The van der Waals surface area contributed by atoms with Gasteiger partial charge in [0.2, 0.25) is 0 Å². The Morgan fingerprint density at radius 2 is 2.00 bits per heavy atom. The fourth-order valence-corrected chi connectivity index (χ4v) is 3.13. The number of nitrogens with zero attached hydrogens (tertiary/aromatic N) is 1. The number of piperidine rings is 1. The minimum Gasteiger partial charge on any atom is -0.330 e. The molecule has 2 unspecified atom stereocenters. The number of aryl methyl sites for hydroxylation is 1. The van der Waals surface area contributed by atoms with E-state index >= 15 is 0 Å². The number of benzene rings is 1. The molecule has 1 aromatic carbocycles. The first-order valence-corrected chi connectivity index (χ1v) is 7.25. The van der Waals surface area contributed by atoms with Crippen LogP contribution in [0.25, 0.3) is 0 Å². The molecule has 0 bridgehead atoms. The van der Waals surface area contributed by atoms with E-state index in [0.717, 1.165) is 13.0 Å². The molecule has 2 nitrogen and oxygen atoms in total. The van der Waals surface area contributed by atoms with E-state index in [4.69, 9.17) is 5.73 Å². The van der Waals surface area contributed by atoms with E-state index in [2.05, 4.69) is 43.1 Å². The van der Waals surface area contributed by atoms with Crippen molar-refractivity contribution in [3.8, 4) is 0 Å². The molecule has 2 heteroatoms. The van der Waals surface area contributed by atoms with Crippen LogP contribution in [-0.2, 0) is 6.42 Å². The third-order valence-corrected chi connectivity index (χ3v) is 4.36. The summed E-state index contributed by atoms with van der Waals surface area (Å²) in [6.45, 7) is 4.17. The molecule has 1 aromatic rings. The lowest BCUT2D eigenvalue weighted by molar-refractivity contribution is 0.160. The van der Waals surface area contributed by atoms with Crippen molar-refractivity contribution in [3.05, 3.63) is 35.4 Å². The molecule has 0 radical (unpaired) electrons. The van der Waals surface area contributed by atoms with Crippen LogP contribution in [0.2, 0.25) is 0 Å². The molecular weight excluding hydrogens is 220 g/mol. The smallest absolute Gasteiger partial charge is 0.0173 e. The number of nitrogens with two attached hydrogens (primary N) is 1. The van der Waals surface area contributed by atoms with Gasteiger partial charge >= 0.3 is 0 Å². The van der Waals surface area contributed by atoms with E-state index in [1.165, 1.54) is 36.9 Å². The first-order chi connectivity index (χ1) is 8.76. The highest BCUT2D eigenvalue weighted by Crippen LogP contribution is 2.29. The van der Waals surface area contributed by atoms with Crippen molar-refractivity contribution >= 4 is 0 Å². The quantitative estimate of drug-likeness (QED) is 0.885. The lowest BCUT2D eigenvalue weighted by Crippen LogP contribution is -2.42. The maximum Gasteiger partial charge on any atom is 0.0173 e. The Labute approximate surface area is 111 Å². The Hall–Kier alpha value is -0.860. The molecular formula is C16H26N2. The third kappa shape index (κ3) is 2.93. The molecule has 0 aromatic heterocycles. The summed E-state index contributed by atoms with van der Waals surface area (Å²) in [4.78, 5) is 2.49. The van der Waals surface area contributed by atoms with Gasteiger partial charge in [0.15, 0.2) is 0 Å². The molecule has 0 aliphatic carbocycles. The normalized spacial score (nSPS) is 22.9. The summed E-state index contributed by atoms with van der Waals surface area (Å²) in [7, 11) is 2.24. The van der Waals surface area contributed by atoms with Gasteiger partial charge in [-0.15, -0.1) is 0 Å². The monoisotopic (exact) mass is 246 g/mol. The molecule has 1 fully saturated rings. The molecule has 2 rings (SSSR count). The second-order valence-electron chi connectivity index (χ2n) is 5.48. The van der Waals surface area contributed by atoms with Crippen molar-refractivity contribution in [2.75, 3.05) is 20.1 Å². The van der Waals surface area contributed by atoms with E-state index in [-0.39, 0.29) is 0 Å². The van der Waals surface area contributed by atoms with Crippen molar-refractivity contribution in [3.63, 3.8) is 0 Å². The minimum atomic E-state index is 0.487. The van der Waals surface area contributed by atoms with E-state index in [1.807, 2.05) is 0 Å². The molecule has 2 N–H and O–H groups in total. The van der Waals surface area contributed by atoms with Gasteiger partial charge in [-0.2, -0.15) is 0 Å². The summed E-state index contributed by atoms with van der Waals surface area (Å²) in [5.74, 6) is 0.487. The Morgan fingerprint density at radius 3 is 2.56 bits per heavy atom. The van der Waals surface area contributed by atoms with Crippen LogP contribution in [-0.4, -0.2) is 31.1 Å². The van der Waals surface area contributed by atoms with E-state index < -0.39 is 0 Å². The minimum absolute atomic E-state index is 0.487. The topological polar surface area (TPSA) is 29.3 Å². The average Bonchev–Trinajstić information content (AvgIpc) is 2.42. The van der Waals surface area contributed by atoms with E-state index in [9.17, 15) is 0 Å². The zero-order valence-electron chi connectivity index (χ0n) is 11.7. The largest absolute Gasteiger partial charge is 0.330 e. The number of rotatable bonds is 4. The summed E-state index contributed by atoms with van der Waals surface area (Å²) in [5, 5.41) is 0. The fourth-order valence-electron chi connectivity index (χ4n) is 3.13. The fraction of sp³-hybridized carbons (Fsp3) is 0.625. The number of hydrogen-bond acceptors (Lipinski definition) is 2. The van der Waals surface area contributed by atoms with Crippen LogP contribution in [0, 0.1) is 0 Å². The SMILES string of the molecule is CCc1ccc(C(CN)C2CCCCN2C)cc1. The van der Waals surface area contributed by atoms with Crippen molar-refractivity contribution in [2.24, 2.45) is 5.73 Å². The van der Waals surface area contributed by atoms with Gasteiger partial charge in [-0.05, 0) is 44.0 Å². The summed E-state index contributed by atoms with van der Waals surface area (Å²) >= 11 is 0. The molecule has 1 aliphatic heterocycles. The predicted octanol–water partition coefficient (Wildman–Crippen LogP) is 2.78. The van der Waals surface area contributed by atoms with Crippen LogP contribution in [0.5, 0.6) is 0 Å². The van der Waals surface area contributed by atoms with Gasteiger partial charge in [0, 0.05) is 18.5 Å². The van der Waals surface area contributed by atoms with Gasteiger partial charge in [-0.3, -0.25) is 0 Å². The maximum absolute atomic E-state index is 6.04. The first-order valence-electron chi connectivity index (χ1n) is 7.25. The van der Waals surface area contributed by atoms with Gasteiger partial charge in [0.05, 0.1) is 0 Å². The zero-order valence-corrected chi connectivity index (χ0v) is 11.7. The summed E-state index contributed by atoms with van der Waals surface area (Å²) in [6, 6.07) is 9.68. The molecule has 100 valence electrons. The Morgan fingerprint density at radius 1 is 1.28 bits per heavy atom. The Balaban J connectivity index is 2.15. The van der Waals surface area contributed by atoms with E-state index in [1.54, 1.807) is 0 Å². The Kier molecular flexibility index (Phi) is 4.79. The molecule has 2 atom stereocenters. The molecule has 1 heterocycles. The van der Waals surface area contributed by atoms with Crippen LogP contribution in [0.4, 0.5) is 0 Å². The second-order valence-corrected chi connectivity index (χ2v) is 5.48. The average molecular weight is 246 g/mol. The maximum atomic E-state index is 6.04. The molecule has 18 heavy (non-hydrogen) atoms. The third-order valence-electron chi connectivity index (χ3n) is 4.36. The highest BCUT2D eigenvalue weighted by Gasteiger charge is 2.27. The summed E-state index contributed by atoms with van der Waals surface area (Å²) in [5.41, 5.74) is 8.86. The van der Waals surface area contributed by atoms with Gasteiger partial charge in [-0.1, -0.05) is 37.6 Å². The lowest BCUT2D eigenvalue weighted by Gasteiger charge is -2.38. The molecule has 0 spiro atoms. The van der Waals surface area contributed by atoms with Crippen molar-refractivity contribution in [1.82, 2.24) is 4.90 Å². The first kappa shape index (κ1) is 13.6. The molecule has 0 amide bonds. The van der Waals surface area contributed by atoms with Gasteiger partial charge in [-0.25, -0.2) is 0 Å². The van der Waals surface area contributed by atoms with E-state index in [0.29, 0.717) is 12.0 Å². The van der Waals surface area contributed by atoms with Gasteiger partial charge in [0.1, 0.15) is 0 Å². The zero-order chi connectivity index (χ0) is 13.0. The van der Waals surface area contributed by atoms with Crippen LogP contribution >= 0.6 is 0 Å². The predicted molar refractivity (Wildman–Crippen MR) is 77.9 cm³/mol. The van der Waals surface area contributed by atoms with Crippen molar-refractivity contribution < 1.29 is 0 Å². The van der Waals surface area contributed by atoms with Crippen molar-refractivity contribution in [1.29, 1.82) is 0 Å². The number of likely N-dealkylation sites (tertiary alicyclic amines) is 1. The van der Waals surface area contributed by atoms with Crippen LogP contribution in [0.3, 0.4) is 0 Å². The lowest BCUT2D eigenvalue weighted by atomic mass is 9.85. The summed E-state index contributed by atoms with van der Waals surface area (Å²) in [6.07, 6.45) is 5.07. The van der Waals surface area contributed by atoms with Crippen LogP contribution in [0.1, 0.15) is 43.2 Å². The number of hydrogen-bond donors (Lipinski definition) is 1. The highest BCUT2D eigenvalue weighted by molar-refractivity contribution is 5.27. The standard InChI is InChI=1S/C16H26N2/c1-3-13-7-9-14(10-8-13)15(12-17)16-6-4-5-11-18(16)2/h7-10,15-16H,3-6,11-12,17H2,1-2H3. The van der Waals surface area contributed by atoms with Gasteiger partial charge in [0.25, 0.3) is 0 Å².